The van der Waals surface area contributed by atoms with Crippen LogP contribution in [0, 0.1) is 11.3 Å². The molecule has 0 aromatic rings. The Kier molecular flexibility index (Phi) is 8.47. The molecule has 156 valence electrons. The van der Waals surface area contributed by atoms with Crippen LogP contribution in [0.25, 0.3) is 0 Å². The zero-order chi connectivity index (χ0) is 21.6. The third kappa shape index (κ3) is 4.31. The molecule has 2 atom stereocenters. The van der Waals surface area contributed by atoms with Crippen molar-refractivity contribution in [3.8, 4) is 0 Å². The summed E-state index contributed by atoms with van der Waals surface area (Å²) in [4.78, 5) is 25.8. The third-order valence-corrected chi connectivity index (χ3v) is 5.83. The maximum Gasteiger partial charge on any atom is 0.233 e. The first-order valence-electron chi connectivity index (χ1n) is 10.5. The molecule has 2 N–H and O–H groups in total. The predicted molar refractivity (Wildman–Crippen MR) is 116 cm³/mol. The highest BCUT2D eigenvalue weighted by Gasteiger charge is 2.46. The molecule has 0 aromatic carbocycles. The molecule has 0 fully saturated rings. The molecule has 2 aliphatic carbocycles. The van der Waals surface area contributed by atoms with Crippen molar-refractivity contribution in [2.75, 3.05) is 6.54 Å². The van der Waals surface area contributed by atoms with Crippen molar-refractivity contribution >= 4 is 11.6 Å². The lowest BCUT2D eigenvalue weighted by molar-refractivity contribution is -0.133. The van der Waals surface area contributed by atoms with Gasteiger partial charge in [-0.3, -0.25) is 9.59 Å². The summed E-state index contributed by atoms with van der Waals surface area (Å²) in [6.45, 7) is 18.6. The molecule has 0 unspecified atom stereocenters. The van der Waals surface area contributed by atoms with Gasteiger partial charge in [0.2, 0.25) is 11.6 Å². The van der Waals surface area contributed by atoms with Gasteiger partial charge in [0.15, 0.2) is 0 Å². The van der Waals surface area contributed by atoms with Crippen LogP contribution in [0.3, 0.4) is 0 Å². The summed E-state index contributed by atoms with van der Waals surface area (Å²) in [6, 6.07) is 0. The van der Waals surface area contributed by atoms with Crippen LogP contribution in [-0.2, 0) is 9.59 Å². The molecule has 0 heterocycles. The Balaban J connectivity index is 0.00000190. The van der Waals surface area contributed by atoms with Gasteiger partial charge in [-0.25, -0.2) is 0 Å². The first-order chi connectivity index (χ1) is 13.2. The molecule has 28 heavy (non-hydrogen) atoms. The number of Topliss-reactive ketones (excluding diaryl/α,β-unsaturated/α-hetero) is 2. The number of ketones is 2. The van der Waals surface area contributed by atoms with E-state index in [1.807, 2.05) is 47.6 Å². The Labute approximate surface area is 170 Å². The second-order valence-electron chi connectivity index (χ2n) is 7.74. The average Bonchev–Trinajstić information content (AvgIpc) is 2.67. The Morgan fingerprint density at radius 2 is 1.89 bits per heavy atom. The molecule has 0 radical (unpaired) electrons. The van der Waals surface area contributed by atoms with E-state index in [1.54, 1.807) is 0 Å². The molecule has 4 nitrogen and oxygen atoms in total. The number of hydrogen-bond acceptors (Lipinski definition) is 4. The lowest BCUT2D eigenvalue weighted by atomic mass is 9.61. The molecule has 0 saturated carbocycles. The van der Waals surface area contributed by atoms with Gasteiger partial charge >= 0.3 is 0 Å². The van der Waals surface area contributed by atoms with Gasteiger partial charge in [0, 0.05) is 18.0 Å². The van der Waals surface area contributed by atoms with E-state index >= 15 is 0 Å². The zero-order valence-electron chi connectivity index (χ0n) is 18.7. The number of hydrogen-bond donors (Lipinski definition) is 2. The zero-order valence-corrected chi connectivity index (χ0v) is 18.7. The Bertz CT molecular complexity index is 739. The van der Waals surface area contributed by atoms with Crippen molar-refractivity contribution in [3.63, 3.8) is 0 Å². The summed E-state index contributed by atoms with van der Waals surface area (Å²) in [5.74, 6) is -1.47. The van der Waals surface area contributed by atoms with Gasteiger partial charge < -0.3 is 10.4 Å². The minimum atomic E-state index is -0.573. The predicted octanol–water partition coefficient (Wildman–Crippen LogP) is 5.58. The molecule has 0 spiro atoms. The van der Waals surface area contributed by atoms with E-state index in [2.05, 4.69) is 18.8 Å². The first-order valence-corrected chi connectivity index (χ1v) is 10.5. The van der Waals surface area contributed by atoms with Crippen molar-refractivity contribution in [2.24, 2.45) is 11.3 Å². The van der Waals surface area contributed by atoms with Crippen molar-refractivity contribution in [1.82, 2.24) is 5.32 Å². The number of carbonyl (C=O) groups excluding carboxylic acids is 2. The molecule has 0 bridgehead atoms. The summed E-state index contributed by atoms with van der Waals surface area (Å²) in [7, 11) is 0. The molecule has 4 heteroatoms. The van der Waals surface area contributed by atoms with E-state index in [9.17, 15) is 14.7 Å². The molecule has 2 rings (SSSR count). The first kappa shape index (κ1) is 23.9. The highest BCUT2D eigenvalue weighted by molar-refractivity contribution is 6.50. The van der Waals surface area contributed by atoms with Gasteiger partial charge in [-0.2, -0.15) is 0 Å². The van der Waals surface area contributed by atoms with Crippen molar-refractivity contribution in [1.29, 1.82) is 0 Å². The molecule has 0 amide bonds. The van der Waals surface area contributed by atoms with E-state index in [1.165, 1.54) is 5.57 Å². The number of allylic oxidation sites excluding steroid dienone is 5. The highest BCUT2D eigenvalue weighted by atomic mass is 16.3. The number of aliphatic hydroxyl groups excluding tert-OH is 1. The number of nitrogens with one attached hydrogen (secondary N) is 1. The van der Waals surface area contributed by atoms with Gasteiger partial charge in [0.1, 0.15) is 5.76 Å². The standard InChI is InChI=1S/C22H31NO3.C2H6/c1-7-9-15-18(23-8-2)20(25)17(21(26)19(15)24)16-12-14(5)10-11-22(16,6)13(3)4;1-2/h12,16,23,25H,3,7-11H2,1-2,4-6H3;1-2H3/t16-,22-;/m0./s1. The van der Waals surface area contributed by atoms with Gasteiger partial charge in [-0.1, -0.05) is 57.9 Å². The second kappa shape index (κ2) is 9.90. The fourth-order valence-electron chi connectivity index (χ4n) is 3.95. The topological polar surface area (TPSA) is 66.4 Å². The van der Waals surface area contributed by atoms with E-state index in [-0.39, 0.29) is 22.7 Å². The van der Waals surface area contributed by atoms with Gasteiger partial charge in [0.25, 0.3) is 0 Å². The number of aliphatic hydroxyl groups is 1. The largest absolute Gasteiger partial charge is 0.505 e. The van der Waals surface area contributed by atoms with Crippen LogP contribution in [0.1, 0.15) is 74.1 Å². The quantitative estimate of drug-likeness (QED) is 0.355. The SMILES string of the molecule is C=C(C)[C@]1(C)CCC(C)=C[C@H]1C1=C(O)C(NCC)=C(CCC)C(=O)C1=O.CC. The number of likely N-dealkylation sites (N-methyl/N-ethyl adjacent to an activating group) is 1. The summed E-state index contributed by atoms with van der Waals surface area (Å²) in [6.07, 6.45) is 5.01. The average molecular weight is 388 g/mol. The van der Waals surface area contributed by atoms with Gasteiger partial charge in [-0.05, 0) is 45.4 Å². The lowest BCUT2D eigenvalue weighted by Crippen LogP contribution is -2.40. The molecule has 0 aliphatic heterocycles. The monoisotopic (exact) mass is 387 g/mol. The van der Waals surface area contributed by atoms with Crippen LogP contribution < -0.4 is 5.32 Å². The Morgan fingerprint density at radius 1 is 1.29 bits per heavy atom. The molecule has 0 saturated heterocycles. The summed E-state index contributed by atoms with van der Waals surface area (Å²) < 4.78 is 0. The Morgan fingerprint density at radius 3 is 2.39 bits per heavy atom. The van der Waals surface area contributed by atoms with Gasteiger partial charge in [0.05, 0.1) is 11.3 Å². The van der Waals surface area contributed by atoms with Crippen LogP contribution in [-0.4, -0.2) is 23.2 Å². The maximum atomic E-state index is 13.0. The minimum Gasteiger partial charge on any atom is -0.505 e. The smallest absolute Gasteiger partial charge is 0.233 e. The van der Waals surface area contributed by atoms with Crippen LogP contribution >= 0.6 is 0 Å². The van der Waals surface area contributed by atoms with Crippen LogP contribution in [0.15, 0.2) is 46.4 Å². The molecule has 2 aliphatic rings. The van der Waals surface area contributed by atoms with E-state index < -0.39 is 11.6 Å². The third-order valence-electron chi connectivity index (χ3n) is 5.83. The fourth-order valence-corrected chi connectivity index (χ4v) is 3.95. The van der Waals surface area contributed by atoms with Crippen molar-refractivity contribution < 1.29 is 14.7 Å². The maximum absolute atomic E-state index is 13.0. The number of carbonyl (C=O) groups is 2. The minimum absolute atomic E-state index is 0.0664. The number of rotatable bonds is 6. The van der Waals surface area contributed by atoms with Crippen LogP contribution in [0.5, 0.6) is 0 Å². The van der Waals surface area contributed by atoms with Crippen molar-refractivity contribution in [2.45, 2.75) is 74.1 Å². The second-order valence-corrected chi connectivity index (χ2v) is 7.74. The van der Waals surface area contributed by atoms with E-state index in [0.29, 0.717) is 24.2 Å². The normalized spacial score (nSPS) is 25.2. The van der Waals surface area contributed by atoms with E-state index in [0.717, 1.165) is 24.8 Å². The lowest BCUT2D eigenvalue weighted by Gasteiger charge is -2.42. The van der Waals surface area contributed by atoms with Crippen LogP contribution in [0.4, 0.5) is 0 Å². The van der Waals surface area contributed by atoms with Crippen molar-refractivity contribution in [3.05, 3.63) is 46.4 Å². The molecule has 0 aromatic heterocycles. The summed E-state index contributed by atoms with van der Waals surface area (Å²) >= 11 is 0. The van der Waals surface area contributed by atoms with E-state index in [4.69, 9.17) is 0 Å². The molecular weight excluding hydrogens is 350 g/mol. The fraction of sp³-hybridized carbons (Fsp3) is 0.583. The Hall–Kier alpha value is -2.10. The summed E-state index contributed by atoms with van der Waals surface area (Å²) in [5, 5.41) is 14.1. The van der Waals surface area contributed by atoms with Crippen LogP contribution in [0.2, 0.25) is 0 Å². The highest BCUT2D eigenvalue weighted by Crippen LogP contribution is 2.49. The molecular formula is C24H37NO3. The summed E-state index contributed by atoms with van der Waals surface area (Å²) in [5.41, 5.74) is 2.81. The van der Waals surface area contributed by atoms with Gasteiger partial charge in [-0.15, -0.1) is 0 Å².